The molecular formula is C13H16O2S. The number of ketones is 1. The van der Waals surface area contributed by atoms with Gasteiger partial charge in [-0.2, -0.15) is 0 Å². The number of Topliss-reactive ketones (excluding diaryl/α,β-unsaturated/α-hetero) is 1. The highest BCUT2D eigenvalue weighted by Crippen LogP contribution is 2.10. The highest BCUT2D eigenvalue weighted by Gasteiger charge is 1.90. The van der Waals surface area contributed by atoms with Crippen LogP contribution in [-0.4, -0.2) is 24.4 Å². The lowest BCUT2D eigenvalue weighted by molar-refractivity contribution is -0.114. The minimum Gasteiger partial charge on any atom is -0.497 e. The van der Waals surface area contributed by atoms with E-state index in [1.54, 1.807) is 14.0 Å². The van der Waals surface area contributed by atoms with Crippen LogP contribution in [0.25, 0.3) is 0 Å². The zero-order valence-electron chi connectivity index (χ0n) is 9.54. The Kier molecular flexibility index (Phi) is 5.52. The molecule has 1 aromatic rings. The summed E-state index contributed by atoms with van der Waals surface area (Å²) in [6, 6.07) is 7.64. The first-order chi connectivity index (χ1) is 7.72. The fourth-order valence-corrected chi connectivity index (χ4v) is 1.81. The Morgan fingerprint density at radius 1 is 1.38 bits per heavy atom. The standard InChI is InChI=1S/C13H16O2S/c1-11(14)10-16-9-3-4-12-5-7-13(15-2)8-6-12/h5-8H,9-10,16H2,1-2H3. The van der Waals surface area contributed by atoms with Gasteiger partial charge >= 0.3 is 0 Å². The maximum atomic E-state index is 10.7. The third-order valence-corrected chi connectivity index (χ3v) is 3.08. The van der Waals surface area contributed by atoms with Crippen molar-refractivity contribution in [3.63, 3.8) is 0 Å². The van der Waals surface area contributed by atoms with Crippen molar-refractivity contribution in [3.05, 3.63) is 29.8 Å². The van der Waals surface area contributed by atoms with E-state index in [-0.39, 0.29) is 5.78 Å². The van der Waals surface area contributed by atoms with Gasteiger partial charge in [-0.05, 0) is 31.2 Å². The van der Waals surface area contributed by atoms with Crippen LogP contribution in [0.2, 0.25) is 0 Å². The van der Waals surface area contributed by atoms with Gasteiger partial charge in [0.05, 0.1) is 7.11 Å². The summed E-state index contributed by atoms with van der Waals surface area (Å²) in [5, 5.41) is 0. The van der Waals surface area contributed by atoms with Gasteiger partial charge in [0, 0.05) is 17.1 Å². The molecule has 3 heteroatoms. The Labute approximate surface area is 100 Å². The summed E-state index contributed by atoms with van der Waals surface area (Å²) in [7, 11) is 1.64. The van der Waals surface area contributed by atoms with Gasteiger partial charge in [-0.25, -0.2) is 11.8 Å². The number of carbonyl (C=O) groups excluding carboxylic acids is 1. The normalized spacial score (nSPS) is 10.4. The van der Waals surface area contributed by atoms with Crippen molar-refractivity contribution in [2.75, 3.05) is 18.6 Å². The van der Waals surface area contributed by atoms with E-state index in [0.717, 1.165) is 17.1 Å². The summed E-state index contributed by atoms with van der Waals surface area (Å²) in [4.78, 5) is 10.7. The first kappa shape index (κ1) is 12.7. The largest absolute Gasteiger partial charge is 0.497 e. The number of hydrogen-bond acceptors (Lipinski definition) is 2. The number of ether oxygens (including phenoxy) is 1. The minimum atomic E-state index is 0.240. The Morgan fingerprint density at radius 2 is 2.06 bits per heavy atom. The van der Waals surface area contributed by atoms with E-state index < -0.39 is 0 Å². The second kappa shape index (κ2) is 6.97. The number of rotatable bonds is 4. The van der Waals surface area contributed by atoms with E-state index in [4.69, 9.17) is 4.74 Å². The fraction of sp³-hybridized carbons (Fsp3) is 0.308. The van der Waals surface area contributed by atoms with E-state index in [2.05, 4.69) is 11.8 Å². The molecule has 0 aromatic heterocycles. The van der Waals surface area contributed by atoms with Crippen LogP contribution in [0.3, 0.4) is 0 Å². The number of carbonyl (C=O) groups is 1. The van der Waals surface area contributed by atoms with Gasteiger partial charge in [0.15, 0.2) is 0 Å². The highest BCUT2D eigenvalue weighted by molar-refractivity contribution is 8.00. The maximum Gasteiger partial charge on any atom is 0.137 e. The van der Waals surface area contributed by atoms with Crippen molar-refractivity contribution in [2.24, 2.45) is 0 Å². The third-order valence-electron chi connectivity index (χ3n) is 1.91. The quantitative estimate of drug-likeness (QED) is 0.589. The van der Waals surface area contributed by atoms with Crippen LogP contribution in [0, 0.1) is 11.8 Å². The molecular weight excluding hydrogens is 220 g/mol. The average Bonchev–Trinajstić information content (AvgIpc) is 2.29. The SMILES string of the molecule is COc1ccc(C#CC[SH2]CC(C)=O)cc1. The summed E-state index contributed by atoms with van der Waals surface area (Å²) in [6.07, 6.45) is 0. The van der Waals surface area contributed by atoms with Crippen molar-refractivity contribution >= 4 is 17.5 Å². The molecule has 0 aliphatic heterocycles. The average molecular weight is 236 g/mol. The summed E-state index contributed by atoms with van der Waals surface area (Å²) in [5.41, 5.74) is 0.980. The van der Waals surface area contributed by atoms with Crippen LogP contribution in [-0.2, 0) is 4.79 Å². The lowest BCUT2D eigenvalue weighted by atomic mass is 10.2. The van der Waals surface area contributed by atoms with E-state index in [1.807, 2.05) is 24.3 Å². The number of benzene rings is 1. The molecule has 0 aliphatic carbocycles. The van der Waals surface area contributed by atoms with Gasteiger partial charge in [-0.1, -0.05) is 11.8 Å². The van der Waals surface area contributed by atoms with Crippen molar-refractivity contribution in [2.45, 2.75) is 6.92 Å². The number of hydrogen-bond donors (Lipinski definition) is 0. The van der Waals surface area contributed by atoms with Crippen LogP contribution in [0.15, 0.2) is 24.3 Å². The minimum absolute atomic E-state index is 0.240. The molecule has 2 nitrogen and oxygen atoms in total. The topological polar surface area (TPSA) is 26.3 Å². The van der Waals surface area contributed by atoms with Crippen LogP contribution >= 0.6 is 11.8 Å². The molecule has 86 valence electrons. The molecule has 0 spiro atoms. The van der Waals surface area contributed by atoms with Crippen molar-refractivity contribution in [3.8, 4) is 17.6 Å². The molecule has 1 aromatic carbocycles. The molecule has 0 aliphatic rings. The van der Waals surface area contributed by atoms with Crippen molar-refractivity contribution < 1.29 is 9.53 Å². The van der Waals surface area contributed by atoms with Crippen molar-refractivity contribution in [1.29, 1.82) is 0 Å². The first-order valence-electron chi connectivity index (χ1n) is 5.05. The van der Waals surface area contributed by atoms with E-state index in [0.29, 0.717) is 17.5 Å². The Hall–Kier alpha value is -1.40. The molecule has 16 heavy (non-hydrogen) atoms. The molecule has 0 bridgehead atoms. The maximum absolute atomic E-state index is 10.7. The fourth-order valence-electron chi connectivity index (χ4n) is 1.12. The Bertz CT molecular complexity index is 398. The van der Waals surface area contributed by atoms with Crippen molar-refractivity contribution in [1.82, 2.24) is 0 Å². The zero-order valence-corrected chi connectivity index (χ0v) is 10.5. The molecule has 0 saturated carbocycles. The van der Waals surface area contributed by atoms with E-state index in [9.17, 15) is 4.79 Å². The lowest BCUT2D eigenvalue weighted by Gasteiger charge is -1.97. The van der Waals surface area contributed by atoms with E-state index in [1.165, 1.54) is 0 Å². The molecule has 0 heterocycles. The molecule has 0 N–H and O–H groups in total. The van der Waals surface area contributed by atoms with Crippen LogP contribution in [0.4, 0.5) is 0 Å². The molecule has 0 saturated heterocycles. The number of methoxy groups -OCH3 is 1. The van der Waals surface area contributed by atoms with Gasteiger partial charge < -0.3 is 4.74 Å². The third kappa shape index (κ3) is 4.90. The predicted molar refractivity (Wildman–Crippen MR) is 70.7 cm³/mol. The molecule has 0 amide bonds. The molecule has 0 radical (unpaired) electrons. The van der Waals surface area contributed by atoms with Gasteiger partial charge in [-0.3, -0.25) is 4.79 Å². The van der Waals surface area contributed by atoms with Crippen LogP contribution in [0.5, 0.6) is 5.75 Å². The summed E-state index contributed by atoms with van der Waals surface area (Å²) in [5.74, 6) is 8.65. The second-order valence-corrected chi connectivity index (χ2v) is 4.54. The Balaban J connectivity index is 2.41. The van der Waals surface area contributed by atoms with Gasteiger partial charge in [0.25, 0.3) is 0 Å². The lowest BCUT2D eigenvalue weighted by Crippen LogP contribution is -1.93. The second-order valence-electron chi connectivity index (χ2n) is 3.34. The Morgan fingerprint density at radius 3 is 2.62 bits per heavy atom. The predicted octanol–water partition coefficient (Wildman–Crippen LogP) is 1.83. The van der Waals surface area contributed by atoms with E-state index >= 15 is 0 Å². The summed E-state index contributed by atoms with van der Waals surface area (Å²) in [6.45, 7) is 1.61. The van der Waals surface area contributed by atoms with Gasteiger partial charge in [-0.15, -0.1) is 0 Å². The first-order valence-corrected chi connectivity index (χ1v) is 6.47. The smallest absolute Gasteiger partial charge is 0.137 e. The van der Waals surface area contributed by atoms with Gasteiger partial charge in [0.2, 0.25) is 0 Å². The zero-order chi connectivity index (χ0) is 11.8. The molecule has 0 fully saturated rings. The summed E-state index contributed by atoms with van der Waals surface area (Å²) < 4.78 is 5.05. The molecule has 0 unspecified atom stereocenters. The highest BCUT2D eigenvalue weighted by atomic mass is 32.2. The van der Waals surface area contributed by atoms with Crippen LogP contribution < -0.4 is 4.74 Å². The molecule has 0 atom stereocenters. The summed E-state index contributed by atoms with van der Waals surface area (Å²) >= 11 is 0.614. The monoisotopic (exact) mass is 236 g/mol. The molecule has 1 rings (SSSR count). The van der Waals surface area contributed by atoms with Crippen LogP contribution in [0.1, 0.15) is 12.5 Å². The van der Waals surface area contributed by atoms with Gasteiger partial charge in [0.1, 0.15) is 11.5 Å².